The highest BCUT2D eigenvalue weighted by Crippen LogP contribution is 2.39. The summed E-state index contributed by atoms with van der Waals surface area (Å²) in [5.41, 5.74) is -1.13. The molecule has 2 fully saturated rings. The van der Waals surface area contributed by atoms with Crippen molar-refractivity contribution in [2.75, 3.05) is 66.2 Å². The fraction of sp³-hybridized carbons (Fsp3) is 0.492. The first-order valence-corrected chi connectivity index (χ1v) is 34.3. The smallest absolute Gasteiger partial charge is 0.454 e. The Bertz CT molecular complexity index is 3640. The van der Waals surface area contributed by atoms with Gasteiger partial charge < -0.3 is 62.9 Å². The number of aliphatic hydroxyl groups excluding tert-OH is 2. The van der Waals surface area contributed by atoms with E-state index in [4.69, 9.17) is 54.2 Å². The zero-order chi connectivity index (χ0) is 69.8. The number of hydrogen-bond donors (Lipinski definition) is 3. The van der Waals surface area contributed by atoms with Crippen LogP contribution in [-0.4, -0.2) is 154 Å². The second-order valence-electron chi connectivity index (χ2n) is 25.0. The number of amides is 1. The molecule has 5 atom stereocenters. The highest BCUT2D eigenvalue weighted by molar-refractivity contribution is 7.89. The number of rotatable bonds is 30. The Hall–Kier alpha value is -7.94. The predicted molar refractivity (Wildman–Crippen MR) is 347 cm³/mol. The number of carbonyl (C=O) groups is 3. The van der Waals surface area contributed by atoms with Crippen LogP contribution in [0, 0.1) is 42.9 Å². The van der Waals surface area contributed by atoms with Gasteiger partial charge in [-0.25, -0.2) is 31.2 Å². The number of carbonyl (C=O) groups excluding carboxylic acids is 3. The molecule has 0 spiro atoms. The van der Waals surface area contributed by atoms with E-state index in [1.54, 1.807) is 12.1 Å². The van der Waals surface area contributed by atoms with Crippen molar-refractivity contribution in [3.8, 4) is 34.5 Å². The van der Waals surface area contributed by atoms with E-state index in [0.717, 1.165) is 12.0 Å². The zero-order valence-electron chi connectivity index (χ0n) is 54.1. The average Bonchev–Trinajstić information content (AvgIpc) is 1.20. The van der Waals surface area contributed by atoms with Crippen LogP contribution in [0.1, 0.15) is 92.1 Å². The van der Waals surface area contributed by atoms with Crippen molar-refractivity contribution >= 4 is 60.7 Å². The summed E-state index contributed by atoms with van der Waals surface area (Å²) >= 11 is 4.92. The number of nitro benzene ring substituents is 2. The van der Waals surface area contributed by atoms with Crippen LogP contribution in [0.2, 0.25) is 0 Å². The molecule has 0 aromatic heterocycles. The van der Waals surface area contributed by atoms with E-state index in [-0.39, 0.29) is 109 Å². The molecule has 3 N–H and O–H groups in total. The van der Waals surface area contributed by atoms with Gasteiger partial charge >= 0.3 is 17.7 Å². The zero-order valence-corrected chi connectivity index (χ0v) is 56.5. The summed E-state index contributed by atoms with van der Waals surface area (Å²) in [5.74, 6) is 2.13. The molecule has 96 heavy (non-hydrogen) atoms. The normalized spacial score (nSPS) is 16.9. The summed E-state index contributed by atoms with van der Waals surface area (Å²) in [6.45, 7) is 13.4. The third-order valence-electron chi connectivity index (χ3n) is 15.7. The summed E-state index contributed by atoms with van der Waals surface area (Å²) in [4.78, 5) is 55.3. The molecule has 4 aliphatic rings. The van der Waals surface area contributed by atoms with Gasteiger partial charge in [-0.05, 0) is 116 Å². The molecule has 0 bridgehead atoms. The van der Waals surface area contributed by atoms with Crippen LogP contribution in [0.3, 0.4) is 0 Å². The molecule has 4 heterocycles. The maximum Gasteiger partial charge on any atom is 0.513 e. The van der Waals surface area contributed by atoms with Gasteiger partial charge in [0.05, 0.1) is 57.5 Å². The minimum Gasteiger partial charge on any atom is -0.454 e. The first-order valence-electron chi connectivity index (χ1n) is 31.1. The van der Waals surface area contributed by atoms with Gasteiger partial charge in [0.25, 0.3) is 11.4 Å². The van der Waals surface area contributed by atoms with Gasteiger partial charge in [-0.3, -0.25) is 20.2 Å². The van der Waals surface area contributed by atoms with Gasteiger partial charge in [-0.2, -0.15) is 8.61 Å². The van der Waals surface area contributed by atoms with Crippen LogP contribution in [0.4, 0.5) is 25.8 Å². The fourth-order valence-electron chi connectivity index (χ4n) is 10.8. The van der Waals surface area contributed by atoms with E-state index in [2.05, 4.69) is 10.1 Å². The van der Waals surface area contributed by atoms with Gasteiger partial charge in [0.15, 0.2) is 29.3 Å². The minimum absolute atomic E-state index is 0.00347. The van der Waals surface area contributed by atoms with Gasteiger partial charge in [0, 0.05) is 80.8 Å². The highest BCUT2D eigenvalue weighted by Gasteiger charge is 2.45. The number of non-ortho nitro benzene ring substituents is 2. The molecule has 0 unspecified atom stereocenters. The van der Waals surface area contributed by atoms with Crippen LogP contribution >= 0.6 is 11.6 Å². The molecule has 1 amide bonds. The summed E-state index contributed by atoms with van der Waals surface area (Å²) in [6, 6.07) is 27.7. The summed E-state index contributed by atoms with van der Waals surface area (Å²) < 4.78 is 111. The molecule has 524 valence electrons. The average molecular weight is 1400 g/mol. The van der Waals surface area contributed by atoms with Crippen molar-refractivity contribution in [2.45, 2.75) is 127 Å². The molecule has 28 nitrogen and oxygen atoms in total. The number of ether oxygens (including phenoxy) is 10. The lowest BCUT2D eigenvalue weighted by atomic mass is 9.87. The number of hydrogen-bond acceptors (Lipinski definition) is 23. The van der Waals surface area contributed by atoms with E-state index in [9.17, 15) is 61.7 Å². The Labute approximate surface area is 562 Å². The van der Waals surface area contributed by atoms with Crippen molar-refractivity contribution in [3.63, 3.8) is 0 Å². The molecule has 2 saturated heterocycles. The largest absolute Gasteiger partial charge is 0.513 e. The van der Waals surface area contributed by atoms with Crippen molar-refractivity contribution in [3.05, 3.63) is 141 Å². The van der Waals surface area contributed by atoms with Gasteiger partial charge in [-0.1, -0.05) is 78.3 Å². The minimum atomic E-state index is -4.13. The lowest BCUT2D eigenvalue weighted by Gasteiger charge is -2.35. The standard InChI is InChI=1S/C32H44N2O10S.C26H34N2O9S.C7H4ClNO4/c1-32(2,13-6-7-14-35)20-34(45(38,39)23-10-11-27-28(17-23)43-21-42-27)18-26(36)25(16-22-8-4-3-5-9-22)33-31(37)44-29-19-41-30-24(29)12-15-40-30;1-19(2)16-27(38(32,33)22-11-12-23-24(15-22)36-18-35-23)17-26(3,4)13-5-6-14-34-25(29)37-21-9-7-20(8-10-21)28(30)31;8-7(10)13-6-3-1-5(2-4-6)9(11)12/h3-5,8-11,17,24-26,29-30,35-36H,6-7,12-16,18-21H2,1-2H3,(H,33,37);7-12,15,19H,5-6,13-14,16-18H2,1-4H3;1-4H/t24-,25-,26+,29+,30+;;/m0../s1. The molecular weight excluding hydrogens is 1320 g/mol. The van der Waals surface area contributed by atoms with Crippen LogP contribution in [0.15, 0.2) is 125 Å². The number of nitro groups is 2. The lowest BCUT2D eigenvalue weighted by Crippen LogP contribution is -2.52. The van der Waals surface area contributed by atoms with Crippen molar-refractivity contribution in [2.24, 2.45) is 22.7 Å². The maximum absolute atomic E-state index is 14.2. The molecule has 0 radical (unpaired) electrons. The summed E-state index contributed by atoms with van der Waals surface area (Å²) in [6.07, 6.45) is 1.15. The Balaban J connectivity index is 0.000000230. The number of unbranched alkanes of at least 4 members (excludes halogenated alkanes) is 2. The summed E-state index contributed by atoms with van der Waals surface area (Å²) in [5, 5.41) is 44.7. The molecule has 5 aromatic carbocycles. The number of fused-ring (bicyclic) bond motifs is 3. The number of sulfonamides is 2. The Morgan fingerprint density at radius 1 is 0.688 bits per heavy atom. The molecule has 9 rings (SSSR count). The van der Waals surface area contributed by atoms with E-state index >= 15 is 0 Å². The van der Waals surface area contributed by atoms with E-state index < -0.39 is 71.2 Å². The number of alkyl carbamates (subject to hydrolysis) is 1. The van der Waals surface area contributed by atoms with Gasteiger partial charge in [-0.15, -0.1) is 0 Å². The molecule has 5 aromatic rings. The Morgan fingerprint density at radius 3 is 1.71 bits per heavy atom. The first kappa shape index (κ1) is 75.4. The molecule has 0 aliphatic carbocycles. The Morgan fingerprint density at radius 2 is 1.20 bits per heavy atom. The molecule has 4 aliphatic heterocycles. The molecule has 31 heteroatoms. The first-order chi connectivity index (χ1) is 45.5. The SMILES string of the molecule is CC(C)(CCCCO)CN(C[C@@H](O)[C@H](Cc1ccccc1)NC(=O)O[C@@H]1CO[C@H]2OCC[C@H]21)S(=O)(=O)c1ccc2c(c1)OCO2.CC(C)CN(CC(C)(C)CCCCOC(=O)Oc1ccc([N+](=O)[O-])cc1)S(=O)(=O)c1ccc2c(c1)OCO2.O=C(Cl)Oc1ccc([N+](=O)[O-])cc1. The van der Waals surface area contributed by atoms with Gasteiger partial charge in [0.1, 0.15) is 17.6 Å². The Kier molecular flexibility index (Phi) is 27.4. The maximum atomic E-state index is 14.2. The third-order valence-corrected chi connectivity index (χ3v) is 19.4. The topological polar surface area (TPSA) is 357 Å². The predicted octanol–water partition coefficient (Wildman–Crippen LogP) is 10.8. The second-order valence-corrected chi connectivity index (χ2v) is 29.2. The highest BCUT2D eigenvalue weighted by atomic mass is 35.5. The summed E-state index contributed by atoms with van der Waals surface area (Å²) in [7, 11) is -7.89. The number of aliphatic hydroxyl groups is 2. The monoisotopic (exact) mass is 1400 g/mol. The number of halogens is 1. The van der Waals surface area contributed by atoms with E-state index in [1.165, 1.54) is 81.4 Å². The van der Waals surface area contributed by atoms with Crippen LogP contribution in [0.25, 0.3) is 0 Å². The number of nitrogens with one attached hydrogen (secondary N) is 1. The van der Waals surface area contributed by atoms with Crippen molar-refractivity contribution in [1.29, 1.82) is 0 Å². The van der Waals surface area contributed by atoms with E-state index in [0.29, 0.717) is 81.2 Å². The molecule has 0 saturated carbocycles. The fourth-order valence-corrected chi connectivity index (χ4v) is 14.4. The lowest BCUT2D eigenvalue weighted by molar-refractivity contribution is -0.385. The van der Waals surface area contributed by atoms with Gasteiger partial charge in [0.2, 0.25) is 33.6 Å². The third kappa shape index (κ3) is 22.6. The van der Waals surface area contributed by atoms with Crippen LogP contribution in [0.5, 0.6) is 34.5 Å². The number of benzene rings is 5. The van der Waals surface area contributed by atoms with E-state index in [1.807, 2.05) is 71.9 Å². The van der Waals surface area contributed by atoms with Crippen molar-refractivity contribution in [1.82, 2.24) is 13.9 Å². The van der Waals surface area contributed by atoms with Crippen LogP contribution in [-0.2, 0) is 45.4 Å². The quantitative estimate of drug-likeness (QED) is 0.00960. The molecular formula is C65H82ClN5O23S2. The second kappa shape index (κ2) is 34.8. The van der Waals surface area contributed by atoms with Crippen molar-refractivity contribution < 1.29 is 98.6 Å². The van der Waals surface area contributed by atoms with Crippen LogP contribution < -0.4 is 33.7 Å². The number of nitrogens with zero attached hydrogens (tertiary/aromatic N) is 4.